The maximum Gasteiger partial charge on any atom is 0.202 e. The number of phenols is 2. The summed E-state index contributed by atoms with van der Waals surface area (Å²) in [6.45, 7) is 4.80. The summed E-state index contributed by atoms with van der Waals surface area (Å²) in [5.74, 6) is -1.40. The van der Waals surface area contributed by atoms with Crippen LogP contribution in [0.25, 0.3) is 0 Å². The second-order valence-electron chi connectivity index (χ2n) is 9.99. The molecule has 1 saturated heterocycles. The Hall–Kier alpha value is -4.24. The molecule has 9 nitrogen and oxygen atoms in total. The average Bonchev–Trinajstić information content (AvgIpc) is 3.09. The van der Waals surface area contributed by atoms with Crippen molar-refractivity contribution < 1.29 is 29.4 Å². The van der Waals surface area contributed by atoms with E-state index in [0.29, 0.717) is 30.7 Å². The lowest BCUT2D eigenvalue weighted by Crippen LogP contribution is -2.50. The molecular formula is C29H27N3O6. The summed E-state index contributed by atoms with van der Waals surface area (Å²) in [5.41, 5.74) is 1.89. The van der Waals surface area contributed by atoms with Crippen LogP contribution in [-0.4, -0.2) is 56.6 Å². The van der Waals surface area contributed by atoms with Gasteiger partial charge in [0.05, 0.1) is 35.1 Å². The number of carbonyl (C=O) groups excluding carboxylic acids is 2. The molecule has 9 heteroatoms. The van der Waals surface area contributed by atoms with Crippen LogP contribution in [-0.2, 0) is 17.8 Å². The Labute approximate surface area is 219 Å². The van der Waals surface area contributed by atoms with Crippen molar-refractivity contribution in [3.63, 3.8) is 0 Å². The summed E-state index contributed by atoms with van der Waals surface area (Å²) < 4.78 is 5.37. The predicted molar refractivity (Wildman–Crippen MR) is 138 cm³/mol. The van der Waals surface area contributed by atoms with Gasteiger partial charge in [-0.15, -0.1) is 0 Å². The zero-order valence-corrected chi connectivity index (χ0v) is 21.3. The summed E-state index contributed by atoms with van der Waals surface area (Å²) in [5, 5.41) is 27.7. The molecule has 0 radical (unpaired) electrons. The molecule has 38 heavy (non-hydrogen) atoms. The molecule has 2 unspecified atom stereocenters. The smallest absolute Gasteiger partial charge is 0.202 e. The maximum absolute atomic E-state index is 13.8. The second kappa shape index (κ2) is 8.66. The number of methoxy groups -OCH3 is 1. The van der Waals surface area contributed by atoms with Gasteiger partial charge in [-0.2, -0.15) is 0 Å². The Bertz CT molecular complexity index is 1530. The molecule has 194 valence electrons. The highest BCUT2D eigenvalue weighted by atomic mass is 16.6. The quantitative estimate of drug-likeness (QED) is 0.304. The molecule has 0 saturated carbocycles. The Morgan fingerprint density at radius 1 is 1.08 bits per heavy atom. The van der Waals surface area contributed by atoms with Crippen LogP contribution in [0.5, 0.6) is 17.2 Å². The SMILES string of the molecule is CCO/N=C1\CC2c3c(O)c4c(c(O)c3CC1(C)N2Cc1ccncc1)C(=O)c1cccc(OC)c1C4=O. The van der Waals surface area contributed by atoms with E-state index in [0.717, 1.165) is 11.3 Å². The molecule has 2 aromatic carbocycles. The Kier molecular flexibility index (Phi) is 5.50. The summed E-state index contributed by atoms with van der Waals surface area (Å²) in [6.07, 6.45) is 4.15. The first kappa shape index (κ1) is 24.1. The number of hydrogen-bond acceptors (Lipinski definition) is 9. The van der Waals surface area contributed by atoms with Crippen molar-refractivity contribution in [1.29, 1.82) is 0 Å². The van der Waals surface area contributed by atoms with Gasteiger partial charge in [0.1, 0.15) is 23.9 Å². The van der Waals surface area contributed by atoms with E-state index < -0.39 is 23.1 Å². The number of nitrogens with zero attached hydrogens (tertiary/aromatic N) is 3. The van der Waals surface area contributed by atoms with Gasteiger partial charge in [-0.1, -0.05) is 17.3 Å². The molecule has 3 aliphatic rings. The van der Waals surface area contributed by atoms with E-state index in [-0.39, 0.29) is 45.9 Å². The van der Waals surface area contributed by atoms with Gasteiger partial charge in [0.2, 0.25) is 5.78 Å². The van der Waals surface area contributed by atoms with E-state index in [9.17, 15) is 19.8 Å². The highest BCUT2D eigenvalue weighted by molar-refractivity contribution is 6.31. The predicted octanol–water partition coefficient (Wildman–Crippen LogP) is 3.93. The van der Waals surface area contributed by atoms with Crippen LogP contribution in [0.15, 0.2) is 47.9 Å². The van der Waals surface area contributed by atoms with E-state index in [1.807, 2.05) is 26.0 Å². The zero-order chi connectivity index (χ0) is 26.8. The monoisotopic (exact) mass is 513 g/mol. The molecule has 3 heterocycles. The molecular weight excluding hydrogens is 486 g/mol. The lowest BCUT2D eigenvalue weighted by Gasteiger charge is -2.44. The molecule has 0 spiro atoms. The lowest BCUT2D eigenvalue weighted by atomic mass is 9.76. The van der Waals surface area contributed by atoms with Gasteiger partial charge in [-0.05, 0) is 37.6 Å². The number of phenolic OH excluding ortho intramolecular Hbond substituents is 2. The van der Waals surface area contributed by atoms with Gasteiger partial charge in [0.25, 0.3) is 0 Å². The van der Waals surface area contributed by atoms with Crippen molar-refractivity contribution in [2.45, 2.75) is 44.8 Å². The van der Waals surface area contributed by atoms with Crippen molar-refractivity contribution >= 4 is 17.3 Å². The fourth-order valence-electron chi connectivity index (χ4n) is 6.23. The number of aromatic nitrogens is 1. The number of aromatic hydroxyl groups is 2. The number of hydrogen-bond donors (Lipinski definition) is 2. The number of rotatable bonds is 5. The standard InChI is InChI=1S/C29H27N3O6/c1-4-38-31-20-12-18-21-17(13-29(20,2)32(18)14-15-8-10-30-11-9-15)26(34)23-24(27(21)35)28(36)22-16(25(23)33)6-5-7-19(22)37-3/h5-11,18,34-35H,4,12-14H2,1-3H3/b31-20+. The third-order valence-corrected chi connectivity index (χ3v) is 8.04. The van der Waals surface area contributed by atoms with Crippen LogP contribution < -0.4 is 4.74 Å². The summed E-state index contributed by atoms with van der Waals surface area (Å²) in [7, 11) is 1.42. The maximum atomic E-state index is 13.8. The summed E-state index contributed by atoms with van der Waals surface area (Å²) >= 11 is 0. The van der Waals surface area contributed by atoms with Crippen molar-refractivity contribution in [3.05, 3.63) is 81.7 Å². The van der Waals surface area contributed by atoms with Gasteiger partial charge in [-0.3, -0.25) is 19.5 Å². The molecule has 1 aliphatic carbocycles. The van der Waals surface area contributed by atoms with Crippen LogP contribution in [0.1, 0.15) is 74.8 Å². The Morgan fingerprint density at radius 2 is 1.82 bits per heavy atom. The number of ether oxygens (including phenoxy) is 1. The molecule has 2 atom stereocenters. The largest absolute Gasteiger partial charge is 0.507 e. The normalized spacial score (nSPS) is 22.7. The lowest BCUT2D eigenvalue weighted by molar-refractivity contribution is 0.0959. The molecule has 1 fully saturated rings. The number of pyridine rings is 1. The Morgan fingerprint density at radius 3 is 2.53 bits per heavy atom. The first-order valence-corrected chi connectivity index (χ1v) is 12.5. The molecule has 3 aromatic rings. The molecule has 0 amide bonds. The van der Waals surface area contributed by atoms with Crippen LogP contribution in [0.4, 0.5) is 0 Å². The zero-order valence-electron chi connectivity index (χ0n) is 21.3. The molecule has 6 rings (SSSR count). The topological polar surface area (TPSA) is 122 Å². The van der Waals surface area contributed by atoms with Crippen molar-refractivity contribution in [3.8, 4) is 17.2 Å². The highest BCUT2D eigenvalue weighted by Crippen LogP contribution is 2.56. The minimum absolute atomic E-state index is 0.0847. The van der Waals surface area contributed by atoms with E-state index in [2.05, 4.69) is 15.0 Å². The number of ketones is 2. The van der Waals surface area contributed by atoms with E-state index >= 15 is 0 Å². The highest BCUT2D eigenvalue weighted by Gasteiger charge is 2.56. The molecule has 2 N–H and O–H groups in total. The third-order valence-electron chi connectivity index (χ3n) is 8.04. The van der Waals surface area contributed by atoms with Gasteiger partial charge < -0.3 is 19.8 Å². The minimum atomic E-state index is -0.656. The van der Waals surface area contributed by atoms with Crippen molar-refractivity contribution in [1.82, 2.24) is 9.88 Å². The molecule has 2 aliphatic heterocycles. The van der Waals surface area contributed by atoms with Crippen LogP contribution >= 0.6 is 0 Å². The molecule has 2 bridgehead atoms. The number of benzene rings is 2. The van der Waals surface area contributed by atoms with Crippen LogP contribution in [0.2, 0.25) is 0 Å². The van der Waals surface area contributed by atoms with Gasteiger partial charge >= 0.3 is 0 Å². The first-order chi connectivity index (χ1) is 18.3. The third kappa shape index (κ3) is 3.21. The van der Waals surface area contributed by atoms with Gasteiger partial charge in [0, 0.05) is 54.5 Å². The fourth-order valence-corrected chi connectivity index (χ4v) is 6.23. The number of oxime groups is 1. The summed E-state index contributed by atoms with van der Waals surface area (Å²) in [4.78, 5) is 39.2. The first-order valence-electron chi connectivity index (χ1n) is 12.5. The van der Waals surface area contributed by atoms with E-state index in [1.165, 1.54) is 13.2 Å². The Balaban J connectivity index is 1.57. The van der Waals surface area contributed by atoms with Crippen LogP contribution in [0, 0.1) is 0 Å². The average molecular weight is 514 g/mol. The molecule has 1 aromatic heterocycles. The second-order valence-corrected chi connectivity index (χ2v) is 9.99. The fraction of sp³-hybridized carbons (Fsp3) is 0.310. The van der Waals surface area contributed by atoms with Crippen molar-refractivity contribution in [2.75, 3.05) is 13.7 Å². The van der Waals surface area contributed by atoms with Crippen molar-refractivity contribution in [2.24, 2.45) is 5.16 Å². The van der Waals surface area contributed by atoms with E-state index in [1.54, 1.807) is 24.5 Å². The van der Waals surface area contributed by atoms with E-state index in [4.69, 9.17) is 9.57 Å². The van der Waals surface area contributed by atoms with Gasteiger partial charge in [0.15, 0.2) is 5.78 Å². The van der Waals surface area contributed by atoms with Crippen LogP contribution in [0.3, 0.4) is 0 Å². The van der Waals surface area contributed by atoms with Gasteiger partial charge in [-0.25, -0.2) is 0 Å². The summed E-state index contributed by atoms with van der Waals surface area (Å²) in [6, 6.07) is 8.19. The minimum Gasteiger partial charge on any atom is -0.507 e. The number of carbonyl (C=O) groups is 2. The number of fused-ring (bicyclic) bond motifs is 6.